The average molecular weight is 327 g/mol. The number of fused-ring (bicyclic) bond motifs is 3. The van der Waals surface area contributed by atoms with E-state index in [1.54, 1.807) is 0 Å². The summed E-state index contributed by atoms with van der Waals surface area (Å²) in [5.41, 5.74) is 4.61. The summed E-state index contributed by atoms with van der Waals surface area (Å²) in [6, 6.07) is 15.5. The van der Waals surface area contributed by atoms with Crippen molar-refractivity contribution in [3.05, 3.63) is 59.7 Å². The predicted molar refractivity (Wildman–Crippen MR) is 90.8 cm³/mol. The highest BCUT2D eigenvalue weighted by molar-refractivity contribution is 5.79. The van der Waals surface area contributed by atoms with Crippen LogP contribution in [0.15, 0.2) is 48.5 Å². The number of aliphatic hydroxyl groups excluding tert-OH is 2. The van der Waals surface area contributed by atoms with Gasteiger partial charge in [-0.3, -0.25) is 0 Å². The summed E-state index contributed by atoms with van der Waals surface area (Å²) in [6.45, 7) is 1.37. The number of benzene rings is 2. The second kappa shape index (κ2) is 7.03. The van der Waals surface area contributed by atoms with Crippen LogP contribution >= 0.6 is 0 Å². The second-order valence-electron chi connectivity index (χ2n) is 6.00. The van der Waals surface area contributed by atoms with Gasteiger partial charge < -0.3 is 20.3 Å². The molecule has 2 aromatic carbocycles. The minimum Gasteiger partial charge on any atom is -0.449 e. The van der Waals surface area contributed by atoms with Crippen molar-refractivity contribution in [2.24, 2.45) is 0 Å². The van der Waals surface area contributed by atoms with Gasteiger partial charge in [-0.05, 0) is 29.2 Å². The molecule has 0 heterocycles. The Morgan fingerprint density at radius 2 is 1.67 bits per heavy atom. The summed E-state index contributed by atoms with van der Waals surface area (Å²) in [5, 5.41) is 21.1. The first-order valence-corrected chi connectivity index (χ1v) is 8.02. The highest BCUT2D eigenvalue weighted by Gasteiger charge is 2.29. The van der Waals surface area contributed by atoms with Crippen LogP contribution in [0.5, 0.6) is 0 Å². The Kier molecular flexibility index (Phi) is 4.83. The number of amides is 1. The Morgan fingerprint density at radius 1 is 1.12 bits per heavy atom. The Morgan fingerprint density at radius 3 is 2.17 bits per heavy atom. The van der Waals surface area contributed by atoms with E-state index in [1.807, 2.05) is 36.4 Å². The van der Waals surface area contributed by atoms with E-state index in [0.29, 0.717) is 0 Å². The van der Waals surface area contributed by atoms with Crippen molar-refractivity contribution >= 4 is 6.09 Å². The molecule has 2 unspecified atom stereocenters. The average Bonchev–Trinajstić information content (AvgIpc) is 2.91. The summed E-state index contributed by atoms with van der Waals surface area (Å²) < 4.78 is 5.35. The van der Waals surface area contributed by atoms with E-state index in [2.05, 4.69) is 17.4 Å². The second-order valence-corrected chi connectivity index (χ2v) is 6.00. The standard InChI is InChI=1S/C19H21NO4/c1-12(22)18(10-21)20-19(23)24-11-17-15-8-4-2-6-13(15)14-7-3-5-9-16(14)17/h2-9,12,17-18,21-22H,10-11H2,1H3,(H,20,23). The Bertz CT molecular complexity index is 683. The quantitative estimate of drug-likeness (QED) is 0.787. The van der Waals surface area contributed by atoms with Gasteiger partial charge in [-0.15, -0.1) is 0 Å². The third-order valence-electron chi connectivity index (χ3n) is 4.43. The molecule has 1 aliphatic carbocycles. The first-order valence-electron chi connectivity index (χ1n) is 8.02. The van der Waals surface area contributed by atoms with E-state index in [4.69, 9.17) is 9.84 Å². The van der Waals surface area contributed by atoms with Gasteiger partial charge in [0.1, 0.15) is 6.61 Å². The first-order chi connectivity index (χ1) is 11.6. The zero-order chi connectivity index (χ0) is 17.1. The van der Waals surface area contributed by atoms with Gasteiger partial charge in [0.2, 0.25) is 0 Å². The molecule has 0 radical (unpaired) electrons. The van der Waals surface area contributed by atoms with Gasteiger partial charge in [-0.25, -0.2) is 4.79 Å². The summed E-state index contributed by atoms with van der Waals surface area (Å²) in [6.07, 6.45) is -1.49. The Labute approximate surface area is 140 Å². The summed E-state index contributed by atoms with van der Waals surface area (Å²) in [7, 11) is 0. The molecule has 0 aliphatic heterocycles. The number of rotatable bonds is 5. The third kappa shape index (κ3) is 3.13. The van der Waals surface area contributed by atoms with E-state index < -0.39 is 18.2 Å². The highest BCUT2D eigenvalue weighted by Crippen LogP contribution is 2.44. The number of aliphatic hydroxyl groups is 2. The van der Waals surface area contributed by atoms with Gasteiger partial charge in [0, 0.05) is 5.92 Å². The maximum Gasteiger partial charge on any atom is 0.407 e. The zero-order valence-corrected chi connectivity index (χ0v) is 13.5. The van der Waals surface area contributed by atoms with Crippen molar-refractivity contribution in [3.63, 3.8) is 0 Å². The number of ether oxygens (including phenoxy) is 1. The van der Waals surface area contributed by atoms with Crippen molar-refractivity contribution < 1.29 is 19.7 Å². The molecule has 0 bridgehead atoms. The van der Waals surface area contributed by atoms with Crippen LogP contribution in [0.4, 0.5) is 4.79 Å². The van der Waals surface area contributed by atoms with Gasteiger partial charge in [0.05, 0.1) is 18.8 Å². The van der Waals surface area contributed by atoms with Gasteiger partial charge in [-0.1, -0.05) is 48.5 Å². The molecule has 2 aromatic rings. The van der Waals surface area contributed by atoms with E-state index in [-0.39, 0.29) is 19.1 Å². The van der Waals surface area contributed by atoms with E-state index in [0.717, 1.165) is 11.1 Å². The third-order valence-corrected chi connectivity index (χ3v) is 4.43. The molecule has 3 rings (SSSR count). The van der Waals surface area contributed by atoms with Crippen LogP contribution in [-0.4, -0.2) is 41.7 Å². The molecule has 1 aliphatic rings. The maximum absolute atomic E-state index is 11.9. The minimum absolute atomic E-state index is 0.0118. The largest absolute Gasteiger partial charge is 0.449 e. The van der Waals surface area contributed by atoms with E-state index in [9.17, 15) is 9.90 Å². The van der Waals surface area contributed by atoms with Crippen molar-refractivity contribution in [1.29, 1.82) is 0 Å². The SMILES string of the molecule is CC(O)C(CO)NC(=O)OCC1c2ccccc2-c2ccccc21. The van der Waals surface area contributed by atoms with Crippen LogP contribution in [0.2, 0.25) is 0 Å². The normalized spacial score (nSPS) is 15.3. The molecule has 126 valence electrons. The summed E-state index contributed by atoms with van der Waals surface area (Å²) in [5.74, 6) is -0.0118. The number of carbonyl (C=O) groups excluding carboxylic acids is 1. The van der Waals surface area contributed by atoms with Crippen LogP contribution < -0.4 is 5.32 Å². The van der Waals surface area contributed by atoms with Crippen LogP contribution in [-0.2, 0) is 4.74 Å². The van der Waals surface area contributed by atoms with E-state index in [1.165, 1.54) is 18.1 Å². The fraction of sp³-hybridized carbons (Fsp3) is 0.316. The van der Waals surface area contributed by atoms with E-state index >= 15 is 0 Å². The zero-order valence-electron chi connectivity index (χ0n) is 13.5. The monoisotopic (exact) mass is 327 g/mol. The van der Waals surface area contributed by atoms with Gasteiger partial charge in [-0.2, -0.15) is 0 Å². The van der Waals surface area contributed by atoms with Gasteiger partial charge >= 0.3 is 6.09 Å². The molecule has 2 atom stereocenters. The lowest BCUT2D eigenvalue weighted by Gasteiger charge is -2.20. The molecule has 0 saturated carbocycles. The molecular weight excluding hydrogens is 306 g/mol. The highest BCUT2D eigenvalue weighted by atomic mass is 16.5. The predicted octanol–water partition coefficient (Wildman–Crippen LogP) is 2.27. The molecule has 0 fully saturated rings. The van der Waals surface area contributed by atoms with Crippen LogP contribution in [0.3, 0.4) is 0 Å². The van der Waals surface area contributed by atoms with Gasteiger partial charge in [0.25, 0.3) is 0 Å². The number of nitrogens with one attached hydrogen (secondary N) is 1. The Hall–Kier alpha value is -2.37. The van der Waals surface area contributed by atoms with Crippen molar-refractivity contribution in [2.45, 2.75) is 25.0 Å². The lowest BCUT2D eigenvalue weighted by Crippen LogP contribution is -2.45. The molecular formula is C19H21NO4. The molecule has 0 aromatic heterocycles. The molecule has 0 spiro atoms. The maximum atomic E-state index is 11.9. The van der Waals surface area contributed by atoms with Crippen LogP contribution in [0.1, 0.15) is 24.0 Å². The van der Waals surface area contributed by atoms with Crippen molar-refractivity contribution in [3.8, 4) is 11.1 Å². The topological polar surface area (TPSA) is 78.8 Å². The van der Waals surface area contributed by atoms with Crippen molar-refractivity contribution in [2.75, 3.05) is 13.2 Å². The first kappa shape index (κ1) is 16.5. The molecule has 0 saturated heterocycles. The van der Waals surface area contributed by atoms with Crippen molar-refractivity contribution in [1.82, 2.24) is 5.32 Å². The molecule has 1 amide bonds. The lowest BCUT2D eigenvalue weighted by atomic mass is 9.98. The fourth-order valence-electron chi connectivity index (χ4n) is 3.11. The van der Waals surface area contributed by atoms with Gasteiger partial charge in [0.15, 0.2) is 0 Å². The molecule has 5 nitrogen and oxygen atoms in total. The molecule has 5 heteroatoms. The smallest absolute Gasteiger partial charge is 0.407 e. The summed E-state index contributed by atoms with van der Waals surface area (Å²) in [4.78, 5) is 11.9. The number of alkyl carbamates (subject to hydrolysis) is 1. The molecule has 24 heavy (non-hydrogen) atoms. The van der Waals surface area contributed by atoms with Crippen LogP contribution in [0, 0.1) is 0 Å². The van der Waals surface area contributed by atoms with Crippen LogP contribution in [0.25, 0.3) is 11.1 Å². The minimum atomic E-state index is -0.851. The number of hydrogen-bond acceptors (Lipinski definition) is 4. The number of carbonyl (C=O) groups is 1. The fourth-order valence-corrected chi connectivity index (χ4v) is 3.11. The molecule has 3 N–H and O–H groups in total. The Balaban J connectivity index is 1.73. The summed E-state index contributed by atoms with van der Waals surface area (Å²) >= 11 is 0. The number of hydrogen-bond donors (Lipinski definition) is 3. The lowest BCUT2D eigenvalue weighted by molar-refractivity contribution is 0.0872.